The first-order valence-electron chi connectivity index (χ1n) is 8.28. The third-order valence-corrected chi connectivity index (χ3v) is 4.01. The van der Waals surface area contributed by atoms with Crippen LogP contribution in [0.2, 0.25) is 0 Å². The van der Waals surface area contributed by atoms with Crippen LogP contribution in [0.15, 0.2) is 48.8 Å². The summed E-state index contributed by atoms with van der Waals surface area (Å²) < 4.78 is 5.81. The third-order valence-electron chi connectivity index (χ3n) is 4.01. The summed E-state index contributed by atoms with van der Waals surface area (Å²) in [5.41, 5.74) is 1.12. The lowest BCUT2D eigenvalue weighted by Gasteiger charge is -2.33. The SMILES string of the molecule is O=C(CCCNc1ncccn1)N1CCOC(c2ccccc2)C1. The molecule has 1 unspecified atom stereocenters. The second-order valence-corrected chi connectivity index (χ2v) is 5.71. The van der Waals surface area contributed by atoms with Crippen molar-refractivity contribution in [3.63, 3.8) is 0 Å². The number of amides is 1. The van der Waals surface area contributed by atoms with Crippen molar-refractivity contribution in [1.29, 1.82) is 0 Å². The maximum absolute atomic E-state index is 12.4. The van der Waals surface area contributed by atoms with Crippen LogP contribution in [0.5, 0.6) is 0 Å². The molecule has 0 radical (unpaired) electrons. The Bertz CT molecular complexity index is 636. The zero-order chi connectivity index (χ0) is 16.6. The molecule has 0 bridgehead atoms. The molecule has 1 N–H and O–H groups in total. The third kappa shape index (κ3) is 4.52. The molecule has 1 aliphatic heterocycles. The summed E-state index contributed by atoms with van der Waals surface area (Å²) in [6, 6.07) is 11.8. The van der Waals surface area contributed by atoms with Gasteiger partial charge in [0.05, 0.1) is 13.2 Å². The molecule has 3 rings (SSSR count). The van der Waals surface area contributed by atoms with Crippen LogP contribution in [0.3, 0.4) is 0 Å². The van der Waals surface area contributed by atoms with E-state index in [0.29, 0.717) is 38.6 Å². The zero-order valence-electron chi connectivity index (χ0n) is 13.6. The van der Waals surface area contributed by atoms with Crippen LogP contribution < -0.4 is 5.32 Å². The van der Waals surface area contributed by atoms with Crippen molar-refractivity contribution in [3.8, 4) is 0 Å². The van der Waals surface area contributed by atoms with Gasteiger partial charge in [0.25, 0.3) is 0 Å². The van der Waals surface area contributed by atoms with Gasteiger partial charge in [-0.1, -0.05) is 30.3 Å². The first-order valence-corrected chi connectivity index (χ1v) is 8.28. The second-order valence-electron chi connectivity index (χ2n) is 5.71. The molecule has 0 saturated carbocycles. The van der Waals surface area contributed by atoms with Crippen molar-refractivity contribution in [1.82, 2.24) is 14.9 Å². The van der Waals surface area contributed by atoms with Crippen molar-refractivity contribution in [2.45, 2.75) is 18.9 Å². The number of anilines is 1. The van der Waals surface area contributed by atoms with E-state index in [2.05, 4.69) is 15.3 Å². The summed E-state index contributed by atoms with van der Waals surface area (Å²) in [6.07, 6.45) is 4.63. The fraction of sp³-hybridized carbons (Fsp3) is 0.389. The lowest BCUT2D eigenvalue weighted by atomic mass is 10.1. The Labute approximate surface area is 141 Å². The molecule has 1 amide bonds. The maximum atomic E-state index is 12.4. The van der Waals surface area contributed by atoms with E-state index in [9.17, 15) is 4.79 Å². The summed E-state index contributed by atoms with van der Waals surface area (Å²) in [7, 11) is 0. The maximum Gasteiger partial charge on any atom is 0.222 e. The van der Waals surface area contributed by atoms with Crippen molar-refractivity contribution >= 4 is 11.9 Å². The number of rotatable bonds is 6. The van der Waals surface area contributed by atoms with Crippen molar-refractivity contribution in [2.75, 3.05) is 31.6 Å². The minimum atomic E-state index is -0.0280. The molecular formula is C18H22N4O2. The number of morpholine rings is 1. The topological polar surface area (TPSA) is 67.4 Å². The predicted molar refractivity (Wildman–Crippen MR) is 91.5 cm³/mol. The summed E-state index contributed by atoms with van der Waals surface area (Å²) in [5, 5.41) is 3.12. The minimum Gasteiger partial charge on any atom is -0.370 e. The van der Waals surface area contributed by atoms with Gasteiger partial charge in [-0.3, -0.25) is 4.79 Å². The van der Waals surface area contributed by atoms with Gasteiger partial charge < -0.3 is 15.0 Å². The number of nitrogens with zero attached hydrogens (tertiary/aromatic N) is 3. The van der Waals surface area contributed by atoms with E-state index in [1.54, 1.807) is 18.5 Å². The van der Waals surface area contributed by atoms with Gasteiger partial charge in [-0.2, -0.15) is 0 Å². The van der Waals surface area contributed by atoms with Crippen LogP contribution in [0.1, 0.15) is 24.5 Å². The van der Waals surface area contributed by atoms with E-state index in [1.807, 2.05) is 35.2 Å². The molecule has 1 saturated heterocycles. The molecule has 1 atom stereocenters. The van der Waals surface area contributed by atoms with Gasteiger partial charge in [-0.15, -0.1) is 0 Å². The zero-order valence-corrected chi connectivity index (χ0v) is 13.6. The van der Waals surface area contributed by atoms with E-state index in [0.717, 1.165) is 12.0 Å². The molecule has 1 aliphatic rings. The van der Waals surface area contributed by atoms with E-state index in [1.165, 1.54) is 0 Å². The van der Waals surface area contributed by atoms with Crippen molar-refractivity contribution < 1.29 is 9.53 Å². The molecule has 0 spiro atoms. The number of nitrogens with one attached hydrogen (secondary N) is 1. The van der Waals surface area contributed by atoms with Gasteiger partial charge in [0, 0.05) is 31.9 Å². The molecule has 2 aromatic rings. The highest BCUT2D eigenvalue weighted by Crippen LogP contribution is 2.22. The number of benzene rings is 1. The fourth-order valence-electron chi connectivity index (χ4n) is 2.73. The average Bonchev–Trinajstić information content (AvgIpc) is 2.67. The van der Waals surface area contributed by atoms with Crippen LogP contribution in [-0.2, 0) is 9.53 Å². The molecule has 2 heterocycles. The van der Waals surface area contributed by atoms with Crippen LogP contribution >= 0.6 is 0 Å². The highest BCUT2D eigenvalue weighted by Gasteiger charge is 2.24. The molecule has 126 valence electrons. The average molecular weight is 326 g/mol. The Hall–Kier alpha value is -2.47. The molecule has 24 heavy (non-hydrogen) atoms. The van der Waals surface area contributed by atoms with E-state index in [4.69, 9.17) is 4.74 Å². The largest absolute Gasteiger partial charge is 0.370 e. The van der Waals surface area contributed by atoms with Gasteiger partial charge in [0.2, 0.25) is 11.9 Å². The lowest BCUT2D eigenvalue weighted by molar-refractivity contribution is -0.139. The van der Waals surface area contributed by atoms with Crippen molar-refractivity contribution in [3.05, 3.63) is 54.4 Å². The smallest absolute Gasteiger partial charge is 0.222 e. The van der Waals surface area contributed by atoms with Crippen molar-refractivity contribution in [2.24, 2.45) is 0 Å². The molecule has 1 fully saturated rings. The first kappa shape index (κ1) is 16.4. The Morgan fingerprint density at radius 3 is 2.79 bits per heavy atom. The summed E-state index contributed by atoms with van der Waals surface area (Å²) in [6.45, 7) is 2.55. The van der Waals surface area contributed by atoms with Crippen LogP contribution in [0, 0.1) is 0 Å². The molecule has 0 aliphatic carbocycles. The second kappa shape index (κ2) is 8.40. The van der Waals surface area contributed by atoms with E-state index in [-0.39, 0.29) is 12.0 Å². The normalized spacial score (nSPS) is 17.5. The molecule has 6 nitrogen and oxygen atoms in total. The summed E-state index contributed by atoms with van der Waals surface area (Å²) >= 11 is 0. The number of ether oxygens (including phenoxy) is 1. The monoisotopic (exact) mass is 326 g/mol. The number of aromatic nitrogens is 2. The fourth-order valence-corrected chi connectivity index (χ4v) is 2.73. The highest BCUT2D eigenvalue weighted by molar-refractivity contribution is 5.76. The van der Waals surface area contributed by atoms with Crippen LogP contribution in [0.4, 0.5) is 5.95 Å². The van der Waals surface area contributed by atoms with Gasteiger partial charge in [0.1, 0.15) is 6.10 Å². The summed E-state index contributed by atoms with van der Waals surface area (Å²) in [4.78, 5) is 22.5. The highest BCUT2D eigenvalue weighted by atomic mass is 16.5. The van der Waals surface area contributed by atoms with E-state index >= 15 is 0 Å². The first-order chi connectivity index (χ1) is 11.8. The molecule has 6 heteroatoms. The Balaban J connectivity index is 1.43. The van der Waals surface area contributed by atoms with E-state index < -0.39 is 0 Å². The Kier molecular flexibility index (Phi) is 5.74. The number of hydrogen-bond donors (Lipinski definition) is 1. The molecule has 1 aromatic heterocycles. The molecular weight excluding hydrogens is 304 g/mol. The van der Waals surface area contributed by atoms with Gasteiger partial charge >= 0.3 is 0 Å². The number of carbonyl (C=O) groups excluding carboxylic acids is 1. The van der Waals surface area contributed by atoms with Gasteiger partial charge in [-0.25, -0.2) is 9.97 Å². The standard InChI is InChI=1S/C18H22N4O2/c23-17(8-4-9-19-18-20-10-5-11-21-18)22-12-13-24-16(14-22)15-6-2-1-3-7-15/h1-3,5-7,10-11,16H,4,8-9,12-14H2,(H,19,20,21). The molecule has 1 aromatic carbocycles. The Morgan fingerprint density at radius 2 is 2.00 bits per heavy atom. The van der Waals surface area contributed by atoms with Gasteiger partial charge in [-0.05, 0) is 18.1 Å². The van der Waals surface area contributed by atoms with Crippen LogP contribution in [0.25, 0.3) is 0 Å². The predicted octanol–water partition coefficient (Wildman–Crippen LogP) is 2.27. The Morgan fingerprint density at radius 1 is 1.21 bits per heavy atom. The van der Waals surface area contributed by atoms with Gasteiger partial charge in [0.15, 0.2) is 0 Å². The lowest BCUT2D eigenvalue weighted by Crippen LogP contribution is -2.42. The number of hydrogen-bond acceptors (Lipinski definition) is 5. The summed E-state index contributed by atoms with van der Waals surface area (Å²) in [5.74, 6) is 0.774. The minimum absolute atomic E-state index is 0.0280. The quantitative estimate of drug-likeness (QED) is 0.825. The number of carbonyl (C=O) groups is 1. The van der Waals surface area contributed by atoms with Crippen LogP contribution in [-0.4, -0.2) is 47.0 Å².